The van der Waals surface area contributed by atoms with E-state index in [2.05, 4.69) is 37.6 Å². The number of nitrogens with one attached hydrogen (secondary N) is 1. The lowest BCUT2D eigenvalue weighted by atomic mass is 9.88. The zero-order chi connectivity index (χ0) is 12.3. The molecule has 0 saturated carbocycles. The lowest BCUT2D eigenvalue weighted by Crippen LogP contribution is -2.28. The number of benzene rings is 1. The summed E-state index contributed by atoms with van der Waals surface area (Å²) in [4.78, 5) is 1.41. The Balaban J connectivity index is 2.15. The first-order valence-electron chi connectivity index (χ1n) is 6.55. The van der Waals surface area contributed by atoms with Crippen LogP contribution in [0, 0.1) is 19.8 Å². The number of hydrogen-bond acceptors (Lipinski definition) is 2. The number of thioether (sulfide) groups is 1. The highest BCUT2D eigenvalue weighted by Crippen LogP contribution is 2.26. The van der Waals surface area contributed by atoms with Crippen LogP contribution in [-0.2, 0) is 6.42 Å². The molecule has 0 unspecified atom stereocenters. The lowest BCUT2D eigenvalue weighted by molar-refractivity contribution is 0.372. The molecule has 2 rings (SSSR count). The Kier molecular flexibility index (Phi) is 4.52. The molecule has 1 saturated heterocycles. The molecule has 0 bridgehead atoms. The average Bonchev–Trinajstić information content (AvgIpc) is 2.36. The van der Waals surface area contributed by atoms with Crippen LogP contribution in [0.25, 0.3) is 0 Å². The van der Waals surface area contributed by atoms with E-state index in [4.69, 9.17) is 0 Å². The van der Waals surface area contributed by atoms with Crippen LogP contribution in [0.15, 0.2) is 17.0 Å². The largest absolute Gasteiger partial charge is 0.317 e. The van der Waals surface area contributed by atoms with Crippen molar-refractivity contribution in [1.29, 1.82) is 0 Å². The first-order chi connectivity index (χ1) is 8.20. The molecule has 0 aromatic heterocycles. The number of hydrogen-bond donors (Lipinski definition) is 1. The van der Waals surface area contributed by atoms with Crippen molar-refractivity contribution in [3.8, 4) is 0 Å². The molecule has 1 aromatic rings. The van der Waals surface area contributed by atoms with Crippen molar-refractivity contribution in [2.75, 3.05) is 19.3 Å². The summed E-state index contributed by atoms with van der Waals surface area (Å²) in [6, 6.07) is 4.71. The zero-order valence-corrected chi connectivity index (χ0v) is 12.0. The van der Waals surface area contributed by atoms with Gasteiger partial charge in [-0.3, -0.25) is 0 Å². The van der Waals surface area contributed by atoms with Crippen molar-refractivity contribution in [3.63, 3.8) is 0 Å². The summed E-state index contributed by atoms with van der Waals surface area (Å²) in [6.45, 7) is 6.91. The smallest absolute Gasteiger partial charge is 0.00746 e. The summed E-state index contributed by atoms with van der Waals surface area (Å²) < 4.78 is 0. The fourth-order valence-corrected chi connectivity index (χ4v) is 3.18. The predicted molar refractivity (Wildman–Crippen MR) is 77.0 cm³/mol. The van der Waals surface area contributed by atoms with Crippen molar-refractivity contribution in [3.05, 3.63) is 28.8 Å². The fourth-order valence-electron chi connectivity index (χ4n) is 2.62. The minimum absolute atomic E-state index is 0.881. The Morgan fingerprint density at radius 1 is 1.24 bits per heavy atom. The first kappa shape index (κ1) is 13.0. The van der Waals surface area contributed by atoms with Crippen LogP contribution in [-0.4, -0.2) is 19.3 Å². The SMILES string of the molecule is CSc1cc(C)c(C)c(CC2CCNCC2)c1. The van der Waals surface area contributed by atoms with Crippen LogP contribution in [0.2, 0.25) is 0 Å². The molecule has 1 nitrogen and oxygen atoms in total. The van der Waals surface area contributed by atoms with Crippen molar-refractivity contribution >= 4 is 11.8 Å². The van der Waals surface area contributed by atoms with Gasteiger partial charge in [-0.25, -0.2) is 0 Å². The van der Waals surface area contributed by atoms with E-state index in [9.17, 15) is 0 Å². The van der Waals surface area contributed by atoms with Gasteiger partial charge in [0.25, 0.3) is 0 Å². The van der Waals surface area contributed by atoms with Crippen LogP contribution in [0.5, 0.6) is 0 Å². The monoisotopic (exact) mass is 249 g/mol. The van der Waals surface area contributed by atoms with E-state index in [1.807, 2.05) is 11.8 Å². The highest BCUT2D eigenvalue weighted by atomic mass is 32.2. The standard InChI is InChI=1S/C15H23NS/c1-11-8-15(17-3)10-14(12(11)2)9-13-4-6-16-7-5-13/h8,10,13,16H,4-7,9H2,1-3H3. The molecule has 0 amide bonds. The molecule has 1 aliphatic heterocycles. The van der Waals surface area contributed by atoms with Crippen LogP contribution in [0.1, 0.15) is 29.5 Å². The van der Waals surface area contributed by atoms with Gasteiger partial charge >= 0.3 is 0 Å². The lowest BCUT2D eigenvalue weighted by Gasteiger charge is -2.24. The Hall–Kier alpha value is -0.470. The molecule has 1 aliphatic rings. The highest BCUT2D eigenvalue weighted by Gasteiger charge is 2.15. The van der Waals surface area contributed by atoms with Crippen molar-refractivity contribution in [2.24, 2.45) is 5.92 Å². The van der Waals surface area contributed by atoms with Crippen LogP contribution >= 0.6 is 11.8 Å². The van der Waals surface area contributed by atoms with Gasteiger partial charge in [-0.1, -0.05) is 0 Å². The quantitative estimate of drug-likeness (QED) is 0.822. The van der Waals surface area contributed by atoms with E-state index >= 15 is 0 Å². The Labute approximate surface area is 109 Å². The van der Waals surface area contributed by atoms with Gasteiger partial charge in [0.1, 0.15) is 0 Å². The molecule has 0 atom stereocenters. The Morgan fingerprint density at radius 2 is 1.94 bits per heavy atom. The average molecular weight is 249 g/mol. The second-order valence-electron chi connectivity index (χ2n) is 5.13. The summed E-state index contributed by atoms with van der Waals surface area (Å²) in [5.41, 5.74) is 4.52. The molecule has 2 heteroatoms. The maximum absolute atomic E-state index is 3.44. The third-order valence-electron chi connectivity index (χ3n) is 3.95. The van der Waals surface area contributed by atoms with Gasteiger partial charge in [0.2, 0.25) is 0 Å². The second-order valence-corrected chi connectivity index (χ2v) is 6.01. The van der Waals surface area contributed by atoms with Gasteiger partial charge in [0.05, 0.1) is 0 Å². The normalized spacial score (nSPS) is 17.4. The summed E-state index contributed by atoms with van der Waals surface area (Å²) in [7, 11) is 0. The van der Waals surface area contributed by atoms with Gasteiger partial charge in [0.15, 0.2) is 0 Å². The van der Waals surface area contributed by atoms with E-state index in [0.717, 1.165) is 5.92 Å². The van der Waals surface area contributed by atoms with E-state index < -0.39 is 0 Å². The highest BCUT2D eigenvalue weighted by molar-refractivity contribution is 7.98. The number of aryl methyl sites for hydroxylation is 1. The maximum atomic E-state index is 3.44. The van der Waals surface area contributed by atoms with Gasteiger partial charge in [0, 0.05) is 4.90 Å². The topological polar surface area (TPSA) is 12.0 Å². The number of piperidine rings is 1. The minimum Gasteiger partial charge on any atom is -0.317 e. The molecule has 1 aromatic carbocycles. The van der Waals surface area contributed by atoms with Gasteiger partial charge in [-0.2, -0.15) is 0 Å². The van der Waals surface area contributed by atoms with Crippen molar-refractivity contribution in [1.82, 2.24) is 5.32 Å². The van der Waals surface area contributed by atoms with Gasteiger partial charge < -0.3 is 5.32 Å². The fraction of sp³-hybridized carbons (Fsp3) is 0.600. The molecule has 1 fully saturated rings. The van der Waals surface area contributed by atoms with Crippen molar-refractivity contribution in [2.45, 2.75) is 38.0 Å². The van der Waals surface area contributed by atoms with E-state index in [1.54, 1.807) is 5.56 Å². The summed E-state index contributed by atoms with van der Waals surface area (Å²) in [5.74, 6) is 0.881. The predicted octanol–water partition coefficient (Wildman–Crippen LogP) is 3.57. The number of rotatable bonds is 3. The molecule has 17 heavy (non-hydrogen) atoms. The molecule has 94 valence electrons. The summed E-state index contributed by atoms with van der Waals surface area (Å²) in [5, 5.41) is 3.44. The Morgan fingerprint density at radius 3 is 2.59 bits per heavy atom. The van der Waals surface area contributed by atoms with E-state index in [0.29, 0.717) is 0 Å². The van der Waals surface area contributed by atoms with Gasteiger partial charge in [-0.05, 0) is 87.2 Å². The third kappa shape index (κ3) is 3.26. The molecule has 0 radical (unpaired) electrons. The van der Waals surface area contributed by atoms with Gasteiger partial charge in [-0.15, -0.1) is 11.8 Å². The molecule has 0 spiro atoms. The molecular formula is C15H23NS. The Bertz CT molecular complexity index is 381. The van der Waals surface area contributed by atoms with E-state index in [1.165, 1.54) is 48.4 Å². The minimum atomic E-state index is 0.881. The molecule has 1 N–H and O–H groups in total. The van der Waals surface area contributed by atoms with Crippen molar-refractivity contribution < 1.29 is 0 Å². The van der Waals surface area contributed by atoms with E-state index in [-0.39, 0.29) is 0 Å². The first-order valence-corrected chi connectivity index (χ1v) is 7.78. The zero-order valence-electron chi connectivity index (χ0n) is 11.2. The van der Waals surface area contributed by atoms with Crippen LogP contribution in [0.3, 0.4) is 0 Å². The molecule has 1 heterocycles. The molecular weight excluding hydrogens is 226 g/mol. The van der Waals surface area contributed by atoms with Crippen LogP contribution in [0.4, 0.5) is 0 Å². The molecule has 0 aliphatic carbocycles. The second kappa shape index (κ2) is 5.92. The maximum Gasteiger partial charge on any atom is 0.00746 e. The third-order valence-corrected chi connectivity index (χ3v) is 4.66. The summed E-state index contributed by atoms with van der Waals surface area (Å²) >= 11 is 1.86. The summed E-state index contributed by atoms with van der Waals surface area (Å²) in [6.07, 6.45) is 6.10. The van der Waals surface area contributed by atoms with Crippen LogP contribution < -0.4 is 5.32 Å².